The average Bonchev–Trinajstić information content (AvgIpc) is 2.76. The number of rotatable bonds is 1. The molecule has 1 aliphatic heterocycles. The molecule has 1 heterocycles. The summed E-state index contributed by atoms with van der Waals surface area (Å²) in [5, 5.41) is 18.7. The minimum atomic E-state index is -0.370. The zero-order valence-corrected chi connectivity index (χ0v) is 10.6. The fraction of sp³-hybridized carbons (Fsp3) is 0.333. The lowest BCUT2D eigenvalue weighted by Crippen LogP contribution is -2.34. The molecule has 0 radical (unpaired) electrons. The summed E-state index contributed by atoms with van der Waals surface area (Å²) in [7, 11) is 0. The Labute approximate surface area is 108 Å². The van der Waals surface area contributed by atoms with Crippen LogP contribution in [0.25, 0.3) is 0 Å². The first-order chi connectivity index (χ1) is 8.13. The number of hydrogen-bond acceptors (Lipinski definition) is 3. The minimum Gasteiger partial charge on any atom is -0.507 e. The molecule has 1 N–H and O–H groups in total. The Hall–Kier alpha value is -1.54. The van der Waals surface area contributed by atoms with E-state index in [9.17, 15) is 9.90 Å². The number of hydrogen-bond donors (Lipinski definition) is 1. The molecule has 4 nitrogen and oxygen atoms in total. The second-order valence-electron chi connectivity index (χ2n) is 3.95. The number of halogens is 1. The predicted octanol–water partition coefficient (Wildman–Crippen LogP) is 2.28. The number of aromatic hydroxyl groups is 1. The molecule has 1 amide bonds. The number of likely N-dealkylation sites (tertiary alicyclic amines) is 1. The van der Waals surface area contributed by atoms with Crippen LogP contribution in [0.15, 0.2) is 22.7 Å². The van der Waals surface area contributed by atoms with Gasteiger partial charge in [0.25, 0.3) is 5.91 Å². The monoisotopic (exact) mass is 294 g/mol. The van der Waals surface area contributed by atoms with E-state index >= 15 is 0 Å². The Bertz CT molecular complexity index is 496. The second-order valence-corrected chi connectivity index (χ2v) is 4.86. The van der Waals surface area contributed by atoms with Gasteiger partial charge in [-0.25, -0.2) is 0 Å². The van der Waals surface area contributed by atoms with Crippen LogP contribution in [0.5, 0.6) is 5.75 Å². The summed E-state index contributed by atoms with van der Waals surface area (Å²) in [5.74, 6) is -0.341. The highest BCUT2D eigenvalue weighted by Gasteiger charge is 2.30. The molecule has 1 unspecified atom stereocenters. The van der Waals surface area contributed by atoms with E-state index in [0.29, 0.717) is 17.4 Å². The molecule has 0 bridgehead atoms. The number of benzene rings is 1. The number of nitrogens with zero attached hydrogens (tertiary/aromatic N) is 2. The Kier molecular flexibility index (Phi) is 3.34. The van der Waals surface area contributed by atoms with Gasteiger partial charge in [0, 0.05) is 11.0 Å². The molecule has 88 valence electrons. The van der Waals surface area contributed by atoms with Crippen LogP contribution in [0, 0.1) is 11.3 Å². The third-order valence-electron chi connectivity index (χ3n) is 2.85. The molecule has 1 aromatic carbocycles. The number of amides is 1. The van der Waals surface area contributed by atoms with Crippen molar-refractivity contribution in [1.82, 2.24) is 4.90 Å². The van der Waals surface area contributed by atoms with Gasteiger partial charge in [-0.05, 0) is 31.0 Å². The van der Waals surface area contributed by atoms with E-state index in [4.69, 9.17) is 5.26 Å². The van der Waals surface area contributed by atoms with Gasteiger partial charge in [0.2, 0.25) is 0 Å². The summed E-state index contributed by atoms with van der Waals surface area (Å²) in [5.41, 5.74) is 0.246. The van der Waals surface area contributed by atoms with Gasteiger partial charge in [0.05, 0.1) is 11.6 Å². The van der Waals surface area contributed by atoms with E-state index in [1.54, 1.807) is 12.1 Å². The van der Waals surface area contributed by atoms with Crippen molar-refractivity contribution in [1.29, 1.82) is 5.26 Å². The van der Waals surface area contributed by atoms with Gasteiger partial charge in [0.15, 0.2) is 0 Å². The van der Waals surface area contributed by atoms with Crippen molar-refractivity contribution in [2.75, 3.05) is 6.54 Å². The highest BCUT2D eigenvalue weighted by Crippen LogP contribution is 2.26. The van der Waals surface area contributed by atoms with Crippen LogP contribution in [0.2, 0.25) is 0 Å². The van der Waals surface area contributed by atoms with Gasteiger partial charge in [-0.15, -0.1) is 0 Å². The second kappa shape index (κ2) is 4.76. The first-order valence-electron chi connectivity index (χ1n) is 5.32. The molecular formula is C12H11BrN2O2. The van der Waals surface area contributed by atoms with Crippen LogP contribution in [-0.2, 0) is 0 Å². The van der Waals surface area contributed by atoms with Crippen molar-refractivity contribution in [2.24, 2.45) is 0 Å². The van der Waals surface area contributed by atoms with Crippen LogP contribution < -0.4 is 0 Å². The lowest BCUT2D eigenvalue weighted by Gasteiger charge is -2.19. The molecule has 0 aromatic heterocycles. The summed E-state index contributed by atoms with van der Waals surface area (Å²) in [6.07, 6.45) is 1.54. The Morgan fingerprint density at radius 2 is 2.35 bits per heavy atom. The minimum absolute atomic E-state index is 0.0621. The van der Waals surface area contributed by atoms with Crippen molar-refractivity contribution in [3.05, 3.63) is 28.2 Å². The third kappa shape index (κ3) is 2.27. The average molecular weight is 295 g/mol. The highest BCUT2D eigenvalue weighted by molar-refractivity contribution is 9.10. The lowest BCUT2D eigenvalue weighted by molar-refractivity contribution is 0.0762. The molecular weight excluding hydrogens is 284 g/mol. The third-order valence-corrected chi connectivity index (χ3v) is 3.35. The maximum atomic E-state index is 12.1. The maximum Gasteiger partial charge on any atom is 0.258 e. The van der Waals surface area contributed by atoms with Crippen LogP contribution in [0.1, 0.15) is 23.2 Å². The summed E-state index contributed by atoms with van der Waals surface area (Å²) < 4.78 is 0.713. The van der Waals surface area contributed by atoms with Crippen LogP contribution in [-0.4, -0.2) is 28.5 Å². The summed E-state index contributed by atoms with van der Waals surface area (Å²) in [6.45, 7) is 0.576. The predicted molar refractivity (Wildman–Crippen MR) is 65.5 cm³/mol. The van der Waals surface area contributed by atoms with Crippen molar-refractivity contribution >= 4 is 21.8 Å². The lowest BCUT2D eigenvalue weighted by atomic mass is 10.1. The van der Waals surface area contributed by atoms with Gasteiger partial charge in [-0.2, -0.15) is 5.26 Å². The number of phenols is 1. The Morgan fingerprint density at radius 1 is 1.59 bits per heavy atom. The fourth-order valence-corrected chi connectivity index (χ4v) is 2.33. The largest absolute Gasteiger partial charge is 0.507 e. The standard InChI is InChI=1S/C12H11BrN2O2/c13-8-3-4-10(11(16)6-8)12(17)15-5-1-2-9(15)7-14/h3-4,6,9,16H,1-2,5H2. The topological polar surface area (TPSA) is 64.3 Å². The normalized spacial score (nSPS) is 19.1. The van der Waals surface area contributed by atoms with E-state index in [-0.39, 0.29) is 23.3 Å². The zero-order chi connectivity index (χ0) is 12.4. The van der Waals surface area contributed by atoms with Crippen molar-refractivity contribution < 1.29 is 9.90 Å². The first kappa shape index (κ1) is 11.9. The molecule has 0 spiro atoms. The highest BCUT2D eigenvalue weighted by atomic mass is 79.9. The van der Waals surface area contributed by atoms with E-state index in [1.807, 2.05) is 0 Å². The van der Waals surface area contributed by atoms with E-state index in [1.165, 1.54) is 11.0 Å². The zero-order valence-electron chi connectivity index (χ0n) is 9.06. The summed E-state index contributed by atoms with van der Waals surface area (Å²) >= 11 is 3.22. The van der Waals surface area contributed by atoms with Gasteiger partial charge >= 0.3 is 0 Å². The molecule has 5 heteroatoms. The molecule has 1 aromatic rings. The molecule has 1 fully saturated rings. The number of phenolic OH excluding ortho intramolecular Hbond substituents is 1. The first-order valence-corrected chi connectivity index (χ1v) is 6.12. The smallest absolute Gasteiger partial charge is 0.258 e. The number of carbonyl (C=O) groups excluding carboxylic acids is 1. The van der Waals surface area contributed by atoms with Crippen LogP contribution in [0.4, 0.5) is 0 Å². The number of carbonyl (C=O) groups is 1. The van der Waals surface area contributed by atoms with Crippen LogP contribution >= 0.6 is 15.9 Å². The van der Waals surface area contributed by atoms with Crippen molar-refractivity contribution in [2.45, 2.75) is 18.9 Å². The van der Waals surface area contributed by atoms with Crippen molar-refractivity contribution in [3.8, 4) is 11.8 Å². The number of nitriles is 1. The maximum absolute atomic E-state index is 12.1. The van der Waals surface area contributed by atoms with E-state index < -0.39 is 0 Å². The molecule has 2 rings (SSSR count). The molecule has 0 saturated carbocycles. The molecule has 17 heavy (non-hydrogen) atoms. The van der Waals surface area contributed by atoms with E-state index in [2.05, 4.69) is 22.0 Å². The van der Waals surface area contributed by atoms with Gasteiger partial charge < -0.3 is 10.0 Å². The SMILES string of the molecule is N#CC1CCCN1C(=O)c1ccc(Br)cc1O. The van der Waals surface area contributed by atoms with Gasteiger partial charge in [-0.1, -0.05) is 15.9 Å². The molecule has 0 aliphatic carbocycles. The summed E-state index contributed by atoms with van der Waals surface area (Å²) in [4.78, 5) is 13.7. The van der Waals surface area contributed by atoms with E-state index in [0.717, 1.165) is 6.42 Å². The molecule has 1 saturated heterocycles. The molecule has 1 aliphatic rings. The van der Waals surface area contributed by atoms with Gasteiger partial charge in [0.1, 0.15) is 11.8 Å². The van der Waals surface area contributed by atoms with Crippen molar-refractivity contribution in [3.63, 3.8) is 0 Å². The Balaban J connectivity index is 2.28. The fourth-order valence-electron chi connectivity index (χ4n) is 1.98. The molecule has 1 atom stereocenters. The van der Waals surface area contributed by atoms with Crippen LogP contribution in [0.3, 0.4) is 0 Å². The van der Waals surface area contributed by atoms with Gasteiger partial charge in [-0.3, -0.25) is 4.79 Å². The Morgan fingerprint density at radius 3 is 3.00 bits per heavy atom. The summed E-state index contributed by atoms with van der Waals surface area (Å²) in [6, 6.07) is 6.48. The quantitative estimate of drug-likeness (QED) is 0.864.